The van der Waals surface area contributed by atoms with Gasteiger partial charge in [-0.3, -0.25) is 0 Å². The molecule has 0 unspecified atom stereocenters. The Morgan fingerprint density at radius 3 is 2.60 bits per heavy atom. The molecular formula is C16H19ClN2O. The molecule has 0 amide bonds. The van der Waals surface area contributed by atoms with E-state index >= 15 is 0 Å². The molecule has 1 aromatic carbocycles. The van der Waals surface area contributed by atoms with E-state index in [1.165, 1.54) is 0 Å². The van der Waals surface area contributed by atoms with Crippen LogP contribution in [0.25, 0.3) is 0 Å². The van der Waals surface area contributed by atoms with Gasteiger partial charge in [0, 0.05) is 24.8 Å². The summed E-state index contributed by atoms with van der Waals surface area (Å²) in [6, 6.07) is 9.88. The first-order valence-electron chi connectivity index (χ1n) is 6.79. The molecule has 0 saturated carbocycles. The molecule has 0 saturated heterocycles. The fourth-order valence-corrected chi connectivity index (χ4v) is 2.29. The summed E-state index contributed by atoms with van der Waals surface area (Å²) in [7, 11) is 0. The Kier molecular flexibility index (Phi) is 4.85. The van der Waals surface area contributed by atoms with Crippen LogP contribution in [0.15, 0.2) is 36.5 Å². The van der Waals surface area contributed by atoms with Crippen LogP contribution >= 0.6 is 11.6 Å². The Labute approximate surface area is 125 Å². The number of hydrogen-bond acceptors (Lipinski definition) is 3. The van der Waals surface area contributed by atoms with Crippen molar-refractivity contribution in [3.05, 3.63) is 47.2 Å². The maximum Gasteiger partial charge on any atom is 0.148 e. The molecule has 3 nitrogen and oxygen atoms in total. The van der Waals surface area contributed by atoms with Crippen molar-refractivity contribution in [3.8, 4) is 11.5 Å². The van der Waals surface area contributed by atoms with Gasteiger partial charge in [0.1, 0.15) is 16.7 Å². The number of rotatable bonds is 5. The first-order chi connectivity index (χ1) is 9.63. The molecule has 2 rings (SSSR count). The van der Waals surface area contributed by atoms with Crippen LogP contribution in [-0.2, 0) is 0 Å². The predicted molar refractivity (Wildman–Crippen MR) is 84.1 cm³/mol. The molecule has 0 N–H and O–H groups in total. The Morgan fingerprint density at radius 2 is 1.95 bits per heavy atom. The van der Waals surface area contributed by atoms with Gasteiger partial charge in [-0.25, -0.2) is 4.98 Å². The van der Waals surface area contributed by atoms with Gasteiger partial charge in [-0.15, -0.1) is 0 Å². The maximum absolute atomic E-state index is 5.90. The van der Waals surface area contributed by atoms with E-state index in [1.807, 2.05) is 25.1 Å². The summed E-state index contributed by atoms with van der Waals surface area (Å²) in [5, 5.41) is 0.478. The molecule has 4 heteroatoms. The lowest BCUT2D eigenvalue weighted by atomic mass is 10.2. The lowest BCUT2D eigenvalue weighted by Gasteiger charge is -2.21. The summed E-state index contributed by atoms with van der Waals surface area (Å²) in [6.45, 7) is 8.19. The number of nitrogens with zero attached hydrogens (tertiary/aromatic N) is 2. The van der Waals surface area contributed by atoms with Crippen molar-refractivity contribution in [2.24, 2.45) is 0 Å². The topological polar surface area (TPSA) is 25.4 Å². The molecule has 2 aromatic rings. The number of pyridine rings is 1. The van der Waals surface area contributed by atoms with Gasteiger partial charge in [0.2, 0.25) is 0 Å². The summed E-state index contributed by atoms with van der Waals surface area (Å²) in [6.07, 6.45) is 1.65. The van der Waals surface area contributed by atoms with Gasteiger partial charge in [0.05, 0.1) is 6.20 Å². The minimum atomic E-state index is 0.478. The van der Waals surface area contributed by atoms with Gasteiger partial charge in [0.25, 0.3) is 0 Å². The molecule has 0 fully saturated rings. The molecule has 1 aromatic heterocycles. The largest absolute Gasteiger partial charge is 0.455 e. The Morgan fingerprint density at radius 1 is 1.20 bits per heavy atom. The summed E-state index contributed by atoms with van der Waals surface area (Å²) in [4.78, 5) is 6.33. The monoisotopic (exact) mass is 290 g/mol. The van der Waals surface area contributed by atoms with Crippen LogP contribution in [0.2, 0.25) is 5.15 Å². The second-order valence-electron chi connectivity index (χ2n) is 4.54. The first kappa shape index (κ1) is 14.7. The van der Waals surface area contributed by atoms with E-state index in [1.54, 1.807) is 12.3 Å². The second-order valence-corrected chi connectivity index (χ2v) is 4.93. The molecule has 1 heterocycles. The van der Waals surface area contributed by atoms with Gasteiger partial charge in [-0.2, -0.15) is 0 Å². The molecule has 0 aliphatic carbocycles. The smallest absolute Gasteiger partial charge is 0.148 e. The fourth-order valence-electron chi connectivity index (χ4n) is 2.08. The third-order valence-corrected chi connectivity index (χ3v) is 3.41. The lowest BCUT2D eigenvalue weighted by Crippen LogP contribution is -2.21. The highest BCUT2D eigenvalue weighted by molar-refractivity contribution is 6.29. The summed E-state index contributed by atoms with van der Waals surface area (Å²) < 4.78 is 5.90. The number of aromatic nitrogens is 1. The van der Waals surface area contributed by atoms with Gasteiger partial charge >= 0.3 is 0 Å². The number of aryl methyl sites for hydroxylation is 1. The summed E-state index contributed by atoms with van der Waals surface area (Å²) in [5.41, 5.74) is 2.13. The highest BCUT2D eigenvalue weighted by Crippen LogP contribution is 2.28. The second kappa shape index (κ2) is 6.62. The van der Waals surface area contributed by atoms with Gasteiger partial charge in [-0.1, -0.05) is 17.7 Å². The van der Waals surface area contributed by atoms with Crippen molar-refractivity contribution >= 4 is 17.3 Å². The van der Waals surface area contributed by atoms with E-state index in [-0.39, 0.29) is 0 Å². The van der Waals surface area contributed by atoms with E-state index in [0.29, 0.717) is 5.15 Å². The molecule has 0 aliphatic heterocycles. The number of hydrogen-bond donors (Lipinski definition) is 0. The average molecular weight is 291 g/mol. The third kappa shape index (κ3) is 3.42. The van der Waals surface area contributed by atoms with Crippen molar-refractivity contribution in [1.29, 1.82) is 0 Å². The zero-order chi connectivity index (χ0) is 14.5. The molecule has 20 heavy (non-hydrogen) atoms. The Bertz CT molecular complexity index is 582. The quantitative estimate of drug-likeness (QED) is 0.748. The van der Waals surface area contributed by atoms with Gasteiger partial charge in [0.15, 0.2) is 0 Å². The molecule has 106 valence electrons. The number of anilines is 1. The van der Waals surface area contributed by atoms with Crippen LogP contribution in [0, 0.1) is 6.92 Å². The number of benzene rings is 1. The van der Waals surface area contributed by atoms with E-state index in [4.69, 9.17) is 16.3 Å². The van der Waals surface area contributed by atoms with Crippen molar-refractivity contribution in [2.75, 3.05) is 18.0 Å². The van der Waals surface area contributed by atoms with Crippen molar-refractivity contribution in [1.82, 2.24) is 4.98 Å². The summed E-state index contributed by atoms with van der Waals surface area (Å²) in [5.74, 6) is 1.53. The highest BCUT2D eigenvalue weighted by atomic mass is 35.5. The molecule has 0 radical (unpaired) electrons. The molecule has 0 aliphatic rings. The predicted octanol–water partition coefficient (Wildman–Crippen LogP) is 4.68. The van der Waals surface area contributed by atoms with Crippen molar-refractivity contribution < 1.29 is 4.74 Å². The zero-order valence-electron chi connectivity index (χ0n) is 12.1. The van der Waals surface area contributed by atoms with E-state index in [2.05, 4.69) is 29.8 Å². The van der Waals surface area contributed by atoms with Crippen LogP contribution in [0.1, 0.15) is 19.4 Å². The van der Waals surface area contributed by atoms with E-state index in [9.17, 15) is 0 Å². The maximum atomic E-state index is 5.90. The fraction of sp³-hybridized carbons (Fsp3) is 0.312. The average Bonchev–Trinajstić information content (AvgIpc) is 2.44. The minimum absolute atomic E-state index is 0.478. The SMILES string of the molecule is CCN(CC)c1cccc(Oc2cnc(Cl)cc2C)c1. The highest BCUT2D eigenvalue weighted by Gasteiger charge is 2.06. The van der Waals surface area contributed by atoms with Crippen LogP contribution < -0.4 is 9.64 Å². The Balaban J connectivity index is 2.23. The Hall–Kier alpha value is -1.74. The molecule has 0 bridgehead atoms. The van der Waals surface area contributed by atoms with Gasteiger partial charge < -0.3 is 9.64 Å². The number of halogens is 1. The lowest BCUT2D eigenvalue weighted by molar-refractivity contribution is 0.476. The van der Waals surface area contributed by atoms with Crippen LogP contribution in [-0.4, -0.2) is 18.1 Å². The third-order valence-electron chi connectivity index (χ3n) is 3.20. The number of ether oxygens (including phenoxy) is 1. The zero-order valence-corrected chi connectivity index (χ0v) is 12.8. The normalized spacial score (nSPS) is 10.4. The molecule has 0 spiro atoms. The van der Waals surface area contributed by atoms with Crippen LogP contribution in [0.4, 0.5) is 5.69 Å². The van der Waals surface area contributed by atoms with Crippen LogP contribution in [0.5, 0.6) is 11.5 Å². The van der Waals surface area contributed by atoms with Gasteiger partial charge in [-0.05, 0) is 44.5 Å². The summed E-state index contributed by atoms with van der Waals surface area (Å²) >= 11 is 5.85. The van der Waals surface area contributed by atoms with Crippen molar-refractivity contribution in [2.45, 2.75) is 20.8 Å². The minimum Gasteiger partial charge on any atom is -0.455 e. The molecular weight excluding hydrogens is 272 g/mol. The standard InChI is InChI=1S/C16H19ClN2O/c1-4-19(5-2)13-7-6-8-14(10-13)20-15-11-18-16(17)9-12(15)3/h6-11H,4-5H2,1-3H3. The van der Waals surface area contributed by atoms with Crippen LogP contribution in [0.3, 0.4) is 0 Å². The van der Waals surface area contributed by atoms with E-state index < -0.39 is 0 Å². The van der Waals surface area contributed by atoms with Crippen molar-refractivity contribution in [3.63, 3.8) is 0 Å². The molecule has 0 atom stereocenters. The first-order valence-corrected chi connectivity index (χ1v) is 7.16. The van der Waals surface area contributed by atoms with E-state index in [0.717, 1.165) is 35.8 Å².